The molecule has 1 heterocycles. The van der Waals surface area contributed by atoms with Gasteiger partial charge in [0.2, 0.25) is 11.8 Å². The van der Waals surface area contributed by atoms with Crippen LogP contribution in [0.5, 0.6) is 0 Å². The Balaban J connectivity index is 1.89. The minimum Gasteiger partial charge on any atom is -0.378 e. The fraction of sp³-hybridized carbons (Fsp3) is 0.529. The Morgan fingerprint density at radius 2 is 1.78 bits per heavy atom. The van der Waals surface area contributed by atoms with Crippen LogP contribution in [0.4, 0.5) is 11.4 Å². The lowest BCUT2D eigenvalue weighted by Crippen LogP contribution is -2.47. The first kappa shape index (κ1) is 17.3. The Morgan fingerprint density at radius 3 is 2.26 bits per heavy atom. The molecule has 0 spiro atoms. The van der Waals surface area contributed by atoms with Crippen molar-refractivity contribution in [1.82, 2.24) is 4.90 Å². The second-order valence-electron chi connectivity index (χ2n) is 6.32. The van der Waals surface area contributed by atoms with Gasteiger partial charge in [-0.25, -0.2) is 0 Å². The second kappa shape index (κ2) is 7.46. The first-order chi connectivity index (χ1) is 10.9. The molecule has 1 aromatic rings. The van der Waals surface area contributed by atoms with Crippen molar-refractivity contribution < 1.29 is 9.59 Å². The zero-order valence-electron chi connectivity index (χ0n) is 14.1. The summed E-state index contributed by atoms with van der Waals surface area (Å²) in [6.45, 7) is 3.34. The second-order valence-corrected chi connectivity index (χ2v) is 6.32. The van der Waals surface area contributed by atoms with Gasteiger partial charge in [0.25, 0.3) is 0 Å². The van der Waals surface area contributed by atoms with E-state index < -0.39 is 0 Å². The molecule has 1 aliphatic rings. The molecule has 126 valence electrons. The summed E-state index contributed by atoms with van der Waals surface area (Å²) in [6, 6.07) is 7.52. The van der Waals surface area contributed by atoms with Crippen LogP contribution < -0.4 is 16.0 Å². The summed E-state index contributed by atoms with van der Waals surface area (Å²) >= 11 is 0. The molecule has 1 unspecified atom stereocenters. The number of primary amides is 1. The molecule has 23 heavy (non-hydrogen) atoms. The van der Waals surface area contributed by atoms with Crippen molar-refractivity contribution in [3.8, 4) is 0 Å². The average Bonchev–Trinajstić information content (AvgIpc) is 2.54. The first-order valence-electron chi connectivity index (χ1n) is 8.00. The highest BCUT2D eigenvalue weighted by Gasteiger charge is 2.28. The normalized spacial score (nSPS) is 17.5. The molecule has 2 amide bonds. The summed E-state index contributed by atoms with van der Waals surface area (Å²) in [7, 11) is 3.96. The molecule has 6 nitrogen and oxygen atoms in total. The molecule has 1 aromatic carbocycles. The van der Waals surface area contributed by atoms with Crippen LogP contribution in [0, 0.1) is 5.92 Å². The average molecular weight is 318 g/mol. The summed E-state index contributed by atoms with van der Waals surface area (Å²) in [4.78, 5) is 27.7. The van der Waals surface area contributed by atoms with Crippen LogP contribution in [-0.2, 0) is 9.59 Å². The number of amides is 2. The minimum atomic E-state index is -0.234. The zero-order valence-corrected chi connectivity index (χ0v) is 14.1. The van der Waals surface area contributed by atoms with Crippen LogP contribution in [-0.4, -0.2) is 49.9 Å². The maximum Gasteiger partial charge on any atom is 0.241 e. The monoisotopic (exact) mass is 318 g/mol. The molecule has 0 aliphatic carbocycles. The van der Waals surface area contributed by atoms with Crippen molar-refractivity contribution in [1.29, 1.82) is 0 Å². The molecule has 0 saturated carbocycles. The molecular formula is C17H26N4O2. The molecule has 0 radical (unpaired) electrons. The number of piperidine rings is 1. The summed E-state index contributed by atoms with van der Waals surface area (Å²) in [5, 5.41) is 2.95. The van der Waals surface area contributed by atoms with Gasteiger partial charge in [0.15, 0.2) is 0 Å². The Hall–Kier alpha value is -2.08. The highest BCUT2D eigenvalue weighted by molar-refractivity contribution is 5.94. The fourth-order valence-electron chi connectivity index (χ4n) is 2.83. The number of carbonyl (C=O) groups excluding carboxylic acids is 2. The quantitative estimate of drug-likeness (QED) is 0.857. The van der Waals surface area contributed by atoms with Crippen molar-refractivity contribution in [2.45, 2.75) is 25.8 Å². The lowest BCUT2D eigenvalue weighted by Gasteiger charge is -2.34. The van der Waals surface area contributed by atoms with Crippen LogP contribution in [0.1, 0.15) is 19.8 Å². The van der Waals surface area contributed by atoms with E-state index in [0.29, 0.717) is 0 Å². The van der Waals surface area contributed by atoms with Gasteiger partial charge in [0, 0.05) is 31.4 Å². The highest BCUT2D eigenvalue weighted by Crippen LogP contribution is 2.20. The van der Waals surface area contributed by atoms with E-state index >= 15 is 0 Å². The first-order valence-corrected chi connectivity index (χ1v) is 8.00. The van der Waals surface area contributed by atoms with E-state index in [4.69, 9.17) is 5.73 Å². The molecule has 0 aromatic heterocycles. The van der Waals surface area contributed by atoms with Gasteiger partial charge in [-0.1, -0.05) is 0 Å². The molecule has 2 rings (SSSR count). The standard InChI is InChI=1S/C17H26N4O2/c1-12(21-10-8-13(9-11-21)16(18)22)17(23)19-14-4-6-15(7-5-14)20(2)3/h4-7,12-13H,8-11H2,1-3H3,(H2,18,22)(H,19,23). The van der Waals surface area contributed by atoms with Gasteiger partial charge in [-0.3, -0.25) is 14.5 Å². The lowest BCUT2D eigenvalue weighted by atomic mass is 9.95. The Bertz CT molecular complexity index is 548. The van der Waals surface area contributed by atoms with Crippen LogP contribution in [0.25, 0.3) is 0 Å². The Labute approximate surface area is 137 Å². The minimum absolute atomic E-state index is 0.0277. The third-order valence-electron chi connectivity index (χ3n) is 4.51. The summed E-state index contributed by atoms with van der Waals surface area (Å²) < 4.78 is 0. The lowest BCUT2D eigenvalue weighted by molar-refractivity contribution is -0.124. The molecule has 6 heteroatoms. The van der Waals surface area contributed by atoms with Crippen LogP contribution in [0.2, 0.25) is 0 Å². The number of rotatable bonds is 5. The van der Waals surface area contributed by atoms with E-state index in [1.165, 1.54) is 0 Å². The molecule has 1 atom stereocenters. The smallest absolute Gasteiger partial charge is 0.241 e. The molecular weight excluding hydrogens is 292 g/mol. The van der Waals surface area contributed by atoms with Crippen molar-refractivity contribution in [2.24, 2.45) is 11.7 Å². The van der Waals surface area contributed by atoms with Crippen LogP contribution in [0.15, 0.2) is 24.3 Å². The molecule has 1 saturated heterocycles. The Kier molecular flexibility index (Phi) is 5.60. The number of carbonyl (C=O) groups is 2. The predicted molar refractivity (Wildman–Crippen MR) is 92.4 cm³/mol. The van der Waals surface area contributed by atoms with Gasteiger partial charge < -0.3 is 16.0 Å². The SMILES string of the molecule is CC(C(=O)Nc1ccc(N(C)C)cc1)N1CCC(C(N)=O)CC1. The number of likely N-dealkylation sites (tertiary alicyclic amines) is 1. The van der Waals surface area contributed by atoms with E-state index in [1.807, 2.05) is 50.2 Å². The maximum atomic E-state index is 12.4. The van der Waals surface area contributed by atoms with Gasteiger partial charge in [0.1, 0.15) is 0 Å². The topological polar surface area (TPSA) is 78.7 Å². The van der Waals surface area contributed by atoms with Crippen molar-refractivity contribution in [3.05, 3.63) is 24.3 Å². The third kappa shape index (κ3) is 4.45. The van der Waals surface area contributed by atoms with Gasteiger partial charge in [-0.15, -0.1) is 0 Å². The van der Waals surface area contributed by atoms with Gasteiger partial charge in [-0.2, -0.15) is 0 Å². The van der Waals surface area contributed by atoms with E-state index in [0.717, 1.165) is 37.3 Å². The summed E-state index contributed by atoms with van der Waals surface area (Å²) in [5.74, 6) is -0.317. The van der Waals surface area contributed by atoms with Crippen molar-refractivity contribution in [2.75, 3.05) is 37.4 Å². The van der Waals surface area contributed by atoms with Gasteiger partial charge in [-0.05, 0) is 57.1 Å². The maximum absolute atomic E-state index is 12.4. The highest BCUT2D eigenvalue weighted by atomic mass is 16.2. The van der Waals surface area contributed by atoms with E-state index in [9.17, 15) is 9.59 Å². The zero-order chi connectivity index (χ0) is 17.0. The predicted octanol–water partition coefficient (Wildman–Crippen LogP) is 1.28. The fourth-order valence-corrected chi connectivity index (χ4v) is 2.83. The third-order valence-corrected chi connectivity index (χ3v) is 4.51. The van der Waals surface area contributed by atoms with E-state index in [2.05, 4.69) is 10.2 Å². The number of anilines is 2. The van der Waals surface area contributed by atoms with Crippen molar-refractivity contribution >= 4 is 23.2 Å². The number of nitrogens with zero attached hydrogens (tertiary/aromatic N) is 2. The number of hydrogen-bond acceptors (Lipinski definition) is 4. The van der Waals surface area contributed by atoms with E-state index in [-0.39, 0.29) is 23.8 Å². The van der Waals surface area contributed by atoms with E-state index in [1.54, 1.807) is 0 Å². The Morgan fingerprint density at radius 1 is 1.22 bits per heavy atom. The molecule has 1 aliphatic heterocycles. The molecule has 3 N–H and O–H groups in total. The largest absolute Gasteiger partial charge is 0.378 e. The van der Waals surface area contributed by atoms with Crippen molar-refractivity contribution in [3.63, 3.8) is 0 Å². The molecule has 0 bridgehead atoms. The number of benzene rings is 1. The number of nitrogens with two attached hydrogens (primary N) is 1. The van der Waals surface area contributed by atoms with Crippen LogP contribution in [0.3, 0.4) is 0 Å². The summed E-state index contributed by atoms with van der Waals surface area (Å²) in [5.41, 5.74) is 7.22. The van der Waals surface area contributed by atoms with Gasteiger partial charge >= 0.3 is 0 Å². The summed E-state index contributed by atoms with van der Waals surface area (Å²) in [6.07, 6.45) is 1.45. The molecule has 1 fully saturated rings. The number of nitrogens with one attached hydrogen (secondary N) is 1. The number of hydrogen-bond donors (Lipinski definition) is 2. The van der Waals surface area contributed by atoms with Crippen LogP contribution >= 0.6 is 0 Å². The van der Waals surface area contributed by atoms with Gasteiger partial charge in [0.05, 0.1) is 6.04 Å².